The number of nitrogens with zero attached hydrogens (tertiary/aromatic N) is 1. The molecule has 26 heavy (non-hydrogen) atoms. The minimum absolute atomic E-state index is 0.313. The van der Waals surface area contributed by atoms with Gasteiger partial charge in [0, 0.05) is 19.2 Å². The highest BCUT2D eigenvalue weighted by molar-refractivity contribution is 5.96. The maximum Gasteiger partial charge on any atom is 0.323 e. The number of carbonyl (C=O) groups excluding carboxylic acids is 1. The van der Waals surface area contributed by atoms with Gasteiger partial charge in [-0.15, -0.1) is 0 Å². The molecule has 0 spiro atoms. The van der Waals surface area contributed by atoms with Gasteiger partial charge in [-0.3, -0.25) is 9.59 Å². The van der Waals surface area contributed by atoms with Crippen molar-refractivity contribution in [2.75, 3.05) is 33.4 Å². The zero-order chi connectivity index (χ0) is 18.8. The molecule has 0 radical (unpaired) electrons. The van der Waals surface area contributed by atoms with Crippen molar-refractivity contribution in [2.24, 2.45) is 0 Å². The summed E-state index contributed by atoms with van der Waals surface area (Å²) >= 11 is 0. The van der Waals surface area contributed by atoms with Gasteiger partial charge in [-0.2, -0.15) is 0 Å². The number of hydrogen-bond acceptors (Lipinski definition) is 4. The summed E-state index contributed by atoms with van der Waals surface area (Å²) in [6.07, 6.45) is 0.595. The molecule has 0 heterocycles. The van der Waals surface area contributed by atoms with Crippen LogP contribution in [-0.2, 0) is 16.0 Å². The molecule has 6 nitrogen and oxygen atoms in total. The van der Waals surface area contributed by atoms with E-state index in [1.165, 1.54) is 4.90 Å². The van der Waals surface area contributed by atoms with Gasteiger partial charge in [-0.1, -0.05) is 30.3 Å². The summed E-state index contributed by atoms with van der Waals surface area (Å²) in [6, 6.07) is 16.3. The van der Waals surface area contributed by atoms with Crippen LogP contribution in [0, 0.1) is 0 Å². The molecular weight excluding hydrogens is 334 g/mol. The Bertz CT molecular complexity index is 700. The summed E-state index contributed by atoms with van der Waals surface area (Å²) in [5, 5.41) is 9.12. The average Bonchev–Trinajstić information content (AvgIpc) is 2.66. The Hall–Kier alpha value is -2.86. The van der Waals surface area contributed by atoms with E-state index in [2.05, 4.69) is 0 Å². The maximum absolute atomic E-state index is 12.7. The third-order valence-corrected chi connectivity index (χ3v) is 3.78. The lowest BCUT2D eigenvalue weighted by Gasteiger charge is -2.21. The lowest BCUT2D eigenvalue weighted by Crippen LogP contribution is -2.37. The largest absolute Gasteiger partial charge is 0.491 e. The Morgan fingerprint density at radius 3 is 2.31 bits per heavy atom. The second-order valence-corrected chi connectivity index (χ2v) is 5.72. The van der Waals surface area contributed by atoms with Crippen molar-refractivity contribution in [2.45, 2.75) is 6.42 Å². The predicted molar refractivity (Wildman–Crippen MR) is 97.5 cm³/mol. The van der Waals surface area contributed by atoms with Crippen LogP contribution >= 0.6 is 0 Å². The number of carboxylic acid groups (broad SMARTS) is 1. The number of rotatable bonds is 10. The van der Waals surface area contributed by atoms with Crippen molar-refractivity contribution in [3.05, 3.63) is 65.7 Å². The van der Waals surface area contributed by atoms with Crippen molar-refractivity contribution >= 4 is 11.9 Å². The SMILES string of the molecule is COCCOc1ccc(C(=O)N(CCc2ccccc2)CC(=O)O)cc1. The van der Waals surface area contributed by atoms with Crippen LogP contribution in [0.2, 0.25) is 0 Å². The molecule has 0 saturated heterocycles. The summed E-state index contributed by atoms with van der Waals surface area (Å²) in [5.41, 5.74) is 1.48. The summed E-state index contributed by atoms with van der Waals surface area (Å²) in [6.45, 7) is 0.900. The number of ether oxygens (including phenoxy) is 2. The zero-order valence-electron chi connectivity index (χ0n) is 14.8. The van der Waals surface area contributed by atoms with Crippen LogP contribution in [-0.4, -0.2) is 55.3 Å². The molecule has 0 bridgehead atoms. The molecule has 2 aromatic carbocycles. The van der Waals surface area contributed by atoms with Crippen LogP contribution in [0.15, 0.2) is 54.6 Å². The van der Waals surface area contributed by atoms with Crippen LogP contribution in [0.25, 0.3) is 0 Å². The molecule has 0 unspecified atom stereocenters. The molecule has 0 fully saturated rings. The molecule has 1 amide bonds. The Morgan fingerprint density at radius 2 is 1.69 bits per heavy atom. The van der Waals surface area contributed by atoms with Crippen LogP contribution in [0.4, 0.5) is 0 Å². The average molecular weight is 357 g/mol. The lowest BCUT2D eigenvalue weighted by molar-refractivity contribution is -0.137. The number of carbonyl (C=O) groups is 2. The molecule has 2 rings (SSSR count). The molecular formula is C20H23NO5. The quantitative estimate of drug-likeness (QED) is 0.661. The van der Waals surface area contributed by atoms with E-state index in [0.29, 0.717) is 37.5 Å². The van der Waals surface area contributed by atoms with Crippen LogP contribution in [0.1, 0.15) is 15.9 Å². The Kier molecular flexibility index (Phi) is 7.64. The molecule has 0 aliphatic rings. The fraction of sp³-hybridized carbons (Fsp3) is 0.300. The van der Waals surface area contributed by atoms with E-state index in [1.54, 1.807) is 31.4 Å². The number of amides is 1. The molecule has 0 aromatic heterocycles. The zero-order valence-corrected chi connectivity index (χ0v) is 14.8. The lowest BCUT2D eigenvalue weighted by atomic mass is 10.1. The number of benzene rings is 2. The van der Waals surface area contributed by atoms with Crippen LogP contribution < -0.4 is 4.74 Å². The molecule has 2 aromatic rings. The summed E-state index contributed by atoms with van der Waals surface area (Å²) < 4.78 is 10.4. The van der Waals surface area contributed by atoms with Crippen molar-refractivity contribution in [3.8, 4) is 5.75 Å². The van der Waals surface area contributed by atoms with E-state index >= 15 is 0 Å². The third kappa shape index (κ3) is 6.22. The molecule has 0 aliphatic heterocycles. The minimum atomic E-state index is -1.04. The first-order chi connectivity index (χ1) is 12.6. The summed E-state index contributed by atoms with van der Waals surface area (Å²) in [4.78, 5) is 25.2. The minimum Gasteiger partial charge on any atom is -0.491 e. The first-order valence-corrected chi connectivity index (χ1v) is 8.37. The highest BCUT2D eigenvalue weighted by Gasteiger charge is 2.18. The van der Waals surface area contributed by atoms with Gasteiger partial charge >= 0.3 is 5.97 Å². The van der Waals surface area contributed by atoms with Gasteiger partial charge in [-0.05, 0) is 36.2 Å². The molecule has 1 N–H and O–H groups in total. The molecule has 138 valence electrons. The van der Waals surface area contributed by atoms with Gasteiger partial charge in [0.1, 0.15) is 18.9 Å². The van der Waals surface area contributed by atoms with E-state index in [-0.39, 0.29) is 12.5 Å². The van der Waals surface area contributed by atoms with Gasteiger partial charge in [0.25, 0.3) is 5.91 Å². The second kappa shape index (κ2) is 10.2. The smallest absolute Gasteiger partial charge is 0.323 e. The van der Waals surface area contributed by atoms with Crippen molar-refractivity contribution in [1.82, 2.24) is 4.90 Å². The number of aliphatic carboxylic acids is 1. The molecule has 6 heteroatoms. The molecule has 0 atom stereocenters. The van der Waals surface area contributed by atoms with Gasteiger partial charge in [0.15, 0.2) is 0 Å². The Morgan fingerprint density at radius 1 is 1.00 bits per heavy atom. The number of methoxy groups -OCH3 is 1. The van der Waals surface area contributed by atoms with Gasteiger partial charge in [-0.25, -0.2) is 0 Å². The number of hydrogen-bond donors (Lipinski definition) is 1. The van der Waals surface area contributed by atoms with E-state index in [9.17, 15) is 9.59 Å². The van der Waals surface area contributed by atoms with Crippen LogP contribution in [0.5, 0.6) is 5.75 Å². The first-order valence-electron chi connectivity index (χ1n) is 8.37. The van der Waals surface area contributed by atoms with E-state index in [1.807, 2.05) is 30.3 Å². The fourth-order valence-corrected chi connectivity index (χ4v) is 2.44. The summed E-state index contributed by atoms with van der Waals surface area (Å²) in [5.74, 6) is -0.717. The predicted octanol–water partition coefficient (Wildman–Crippen LogP) is 2.48. The van der Waals surface area contributed by atoms with Crippen molar-refractivity contribution in [1.29, 1.82) is 0 Å². The molecule has 0 aliphatic carbocycles. The van der Waals surface area contributed by atoms with Gasteiger partial charge in [0.2, 0.25) is 0 Å². The third-order valence-electron chi connectivity index (χ3n) is 3.78. The Labute approximate surface area is 153 Å². The molecule has 0 saturated carbocycles. The van der Waals surface area contributed by atoms with E-state index < -0.39 is 5.97 Å². The maximum atomic E-state index is 12.7. The van der Waals surface area contributed by atoms with Crippen molar-refractivity contribution < 1.29 is 24.2 Å². The number of carboxylic acids is 1. The standard InChI is InChI=1S/C20H23NO5/c1-25-13-14-26-18-9-7-17(8-10-18)20(24)21(15-19(22)23)12-11-16-5-3-2-4-6-16/h2-10H,11-15H2,1H3,(H,22,23). The van der Waals surface area contributed by atoms with E-state index in [4.69, 9.17) is 14.6 Å². The highest BCUT2D eigenvalue weighted by Crippen LogP contribution is 2.14. The monoisotopic (exact) mass is 357 g/mol. The normalized spacial score (nSPS) is 10.3. The highest BCUT2D eigenvalue weighted by atomic mass is 16.5. The topological polar surface area (TPSA) is 76.1 Å². The van der Waals surface area contributed by atoms with Crippen LogP contribution in [0.3, 0.4) is 0 Å². The van der Waals surface area contributed by atoms with Gasteiger partial charge in [0.05, 0.1) is 6.61 Å². The summed E-state index contributed by atoms with van der Waals surface area (Å²) in [7, 11) is 1.59. The second-order valence-electron chi connectivity index (χ2n) is 5.72. The fourth-order valence-electron chi connectivity index (χ4n) is 2.44. The van der Waals surface area contributed by atoms with Gasteiger partial charge < -0.3 is 19.5 Å². The van der Waals surface area contributed by atoms with E-state index in [0.717, 1.165) is 5.56 Å². The van der Waals surface area contributed by atoms with Crippen molar-refractivity contribution in [3.63, 3.8) is 0 Å². The Balaban J connectivity index is 2.01. The first kappa shape index (κ1) is 19.5.